The topological polar surface area (TPSA) is 126 Å². The summed E-state index contributed by atoms with van der Waals surface area (Å²) in [7, 11) is 0. The molecule has 0 unspecified atom stereocenters. The molecule has 9 nitrogen and oxygen atoms in total. The first-order valence-corrected chi connectivity index (χ1v) is 12.0. The molecule has 2 N–H and O–H groups in total. The summed E-state index contributed by atoms with van der Waals surface area (Å²) in [6.45, 7) is 2.00. The molecule has 0 aliphatic carbocycles. The monoisotopic (exact) mass is 591 g/mol. The number of alkyl halides is 3. The lowest BCUT2D eigenvalue weighted by atomic mass is 10.1. The molecule has 5 aromatic rings. The molecule has 0 radical (unpaired) electrons. The second-order valence-electron chi connectivity index (χ2n) is 8.40. The van der Waals surface area contributed by atoms with Crippen molar-refractivity contribution in [2.75, 3.05) is 11.4 Å². The smallest absolute Gasteiger partial charge is 0.476 e. The number of carboxylic acid groups (broad SMARTS) is 2. The van der Waals surface area contributed by atoms with E-state index in [1.165, 1.54) is 29.2 Å². The molecule has 0 fully saturated rings. The first kappa shape index (κ1) is 29.1. The molecule has 0 bridgehead atoms. The van der Waals surface area contributed by atoms with Gasteiger partial charge >= 0.3 is 18.1 Å². The maximum Gasteiger partial charge on any atom is 0.490 e. The van der Waals surface area contributed by atoms with Gasteiger partial charge in [-0.25, -0.2) is 19.0 Å². The number of carbonyl (C=O) groups is 2. The van der Waals surface area contributed by atoms with Gasteiger partial charge in [-0.2, -0.15) is 13.2 Å². The SMILES string of the molecule is CCN(c1ccc(Cl)nc1C(=O)O)c1cc(F)cc2c(=O)cc(-n3cc4ccccc4c3)oc12.O=C(O)C(F)(F)F. The Kier molecular flexibility index (Phi) is 8.01. The minimum Gasteiger partial charge on any atom is -0.476 e. The Balaban J connectivity index is 0.000000493. The summed E-state index contributed by atoms with van der Waals surface area (Å²) in [5.41, 5.74) is -0.235. The molecular weight excluding hydrogens is 574 g/mol. The first-order chi connectivity index (χ1) is 19.3. The molecule has 0 amide bonds. The molecule has 14 heteroatoms. The highest BCUT2D eigenvalue weighted by molar-refractivity contribution is 6.29. The van der Waals surface area contributed by atoms with Gasteiger partial charge in [0, 0.05) is 31.1 Å². The van der Waals surface area contributed by atoms with Crippen LogP contribution in [0.25, 0.3) is 27.6 Å². The summed E-state index contributed by atoms with van der Waals surface area (Å²) in [5.74, 6) is -4.47. The molecule has 212 valence electrons. The van der Waals surface area contributed by atoms with E-state index in [1.807, 2.05) is 36.7 Å². The molecule has 41 heavy (non-hydrogen) atoms. The van der Waals surface area contributed by atoms with Crippen molar-refractivity contribution >= 4 is 56.7 Å². The van der Waals surface area contributed by atoms with Crippen LogP contribution in [-0.4, -0.2) is 44.4 Å². The van der Waals surface area contributed by atoms with Crippen LogP contribution in [0.3, 0.4) is 0 Å². The van der Waals surface area contributed by atoms with Crippen LogP contribution in [0.4, 0.5) is 28.9 Å². The number of pyridine rings is 1. The van der Waals surface area contributed by atoms with Gasteiger partial charge in [0.1, 0.15) is 11.0 Å². The third-order valence-electron chi connectivity index (χ3n) is 5.75. The largest absolute Gasteiger partial charge is 0.490 e. The number of fused-ring (bicyclic) bond motifs is 2. The summed E-state index contributed by atoms with van der Waals surface area (Å²) in [6, 6.07) is 14.2. The minimum absolute atomic E-state index is 0.00907. The van der Waals surface area contributed by atoms with E-state index in [0.717, 1.165) is 16.8 Å². The molecular formula is C27H18ClF4N3O6. The number of nitrogens with zero attached hydrogens (tertiary/aromatic N) is 3. The standard InChI is InChI=1S/C25H17ClFN3O4.C2HF3O2/c1-2-30(18-7-8-21(26)28-23(18)25(32)33)19-10-16(27)9-17-20(31)11-22(34-24(17)19)29-12-14-5-3-4-6-15(14)13-29;3-2(4,5)1(6)7/h3-13H,2H2,1H3,(H,32,33);(H,6,7). The third-order valence-corrected chi connectivity index (χ3v) is 5.96. The van der Waals surface area contributed by atoms with Gasteiger partial charge in [0.05, 0.1) is 16.8 Å². The number of benzene rings is 2. The van der Waals surface area contributed by atoms with Crippen molar-refractivity contribution in [2.45, 2.75) is 13.1 Å². The predicted octanol–water partition coefficient (Wildman–Crippen LogP) is 6.41. The Bertz CT molecular complexity index is 1820. The molecule has 0 spiro atoms. The Morgan fingerprint density at radius 2 is 1.63 bits per heavy atom. The van der Waals surface area contributed by atoms with Crippen molar-refractivity contribution in [3.63, 3.8) is 0 Å². The molecule has 3 heterocycles. The number of halogens is 5. The van der Waals surface area contributed by atoms with E-state index < -0.39 is 29.4 Å². The van der Waals surface area contributed by atoms with Gasteiger partial charge in [-0.3, -0.25) is 9.36 Å². The zero-order chi connectivity index (χ0) is 30.1. The Morgan fingerprint density at radius 3 is 2.17 bits per heavy atom. The zero-order valence-corrected chi connectivity index (χ0v) is 21.6. The van der Waals surface area contributed by atoms with Crippen molar-refractivity contribution in [1.82, 2.24) is 9.55 Å². The number of aliphatic carboxylic acids is 1. The first-order valence-electron chi connectivity index (χ1n) is 11.6. The number of hydrogen-bond acceptors (Lipinski definition) is 6. The van der Waals surface area contributed by atoms with Gasteiger partial charge < -0.3 is 19.5 Å². The van der Waals surface area contributed by atoms with Crippen LogP contribution in [0.1, 0.15) is 17.4 Å². The van der Waals surface area contributed by atoms with Crippen molar-refractivity contribution in [3.05, 3.63) is 93.9 Å². The van der Waals surface area contributed by atoms with Gasteiger partial charge in [-0.1, -0.05) is 35.9 Å². The van der Waals surface area contributed by atoms with Crippen molar-refractivity contribution in [3.8, 4) is 5.88 Å². The molecule has 0 saturated heterocycles. The average molecular weight is 592 g/mol. The summed E-state index contributed by atoms with van der Waals surface area (Å²) in [6.07, 6.45) is -1.43. The van der Waals surface area contributed by atoms with Gasteiger partial charge in [0.15, 0.2) is 16.7 Å². The second-order valence-corrected chi connectivity index (χ2v) is 8.79. The van der Waals surface area contributed by atoms with Gasteiger partial charge in [0.2, 0.25) is 5.88 Å². The zero-order valence-electron chi connectivity index (χ0n) is 20.8. The lowest BCUT2D eigenvalue weighted by Crippen LogP contribution is -2.21. The molecule has 3 aromatic heterocycles. The number of anilines is 2. The molecule has 0 saturated carbocycles. The maximum atomic E-state index is 14.6. The quantitative estimate of drug-likeness (QED) is 0.177. The van der Waals surface area contributed by atoms with E-state index >= 15 is 0 Å². The van der Waals surface area contributed by atoms with Gasteiger partial charge in [-0.05, 0) is 35.9 Å². The fourth-order valence-electron chi connectivity index (χ4n) is 4.01. The van der Waals surface area contributed by atoms with Gasteiger partial charge in [-0.15, -0.1) is 0 Å². The van der Waals surface area contributed by atoms with E-state index in [9.17, 15) is 32.3 Å². The number of rotatable bonds is 5. The highest BCUT2D eigenvalue weighted by Gasteiger charge is 2.38. The van der Waals surface area contributed by atoms with Crippen molar-refractivity contribution in [1.29, 1.82) is 0 Å². The summed E-state index contributed by atoms with van der Waals surface area (Å²) < 4.78 is 54.2. The van der Waals surface area contributed by atoms with Crippen LogP contribution in [0, 0.1) is 5.82 Å². The van der Waals surface area contributed by atoms with Gasteiger partial charge in [0.25, 0.3) is 0 Å². The Labute approximate surface area is 232 Å². The van der Waals surface area contributed by atoms with E-state index in [0.29, 0.717) is 0 Å². The van der Waals surface area contributed by atoms with Crippen molar-refractivity contribution in [2.24, 2.45) is 0 Å². The highest BCUT2D eigenvalue weighted by atomic mass is 35.5. The minimum atomic E-state index is -5.08. The van der Waals surface area contributed by atoms with Crippen LogP contribution < -0.4 is 10.3 Å². The molecule has 0 aliphatic heterocycles. The molecule has 0 aliphatic rings. The van der Waals surface area contributed by atoms with Crippen LogP contribution in [-0.2, 0) is 4.79 Å². The van der Waals surface area contributed by atoms with Crippen LogP contribution in [0.2, 0.25) is 5.15 Å². The van der Waals surface area contributed by atoms with Crippen molar-refractivity contribution < 1.29 is 41.8 Å². The fourth-order valence-corrected chi connectivity index (χ4v) is 4.15. The third kappa shape index (κ3) is 6.14. The summed E-state index contributed by atoms with van der Waals surface area (Å²) in [4.78, 5) is 39.1. The van der Waals surface area contributed by atoms with E-state index in [4.69, 9.17) is 25.9 Å². The predicted molar refractivity (Wildman–Crippen MR) is 142 cm³/mol. The lowest BCUT2D eigenvalue weighted by Gasteiger charge is -2.25. The average Bonchev–Trinajstić information content (AvgIpc) is 3.34. The normalized spacial score (nSPS) is 11.3. The number of hydrogen-bond donors (Lipinski definition) is 2. The number of aromatic nitrogens is 2. The molecule has 0 atom stereocenters. The number of aromatic carboxylic acids is 1. The van der Waals surface area contributed by atoms with E-state index in [2.05, 4.69) is 4.98 Å². The second kappa shape index (κ2) is 11.3. The maximum absolute atomic E-state index is 14.6. The van der Waals surface area contributed by atoms with Crippen LogP contribution in [0.15, 0.2) is 76.2 Å². The van der Waals surface area contributed by atoms with E-state index in [1.54, 1.807) is 11.5 Å². The molecule has 5 rings (SSSR count). The fraction of sp³-hybridized carbons (Fsp3) is 0.111. The highest BCUT2D eigenvalue weighted by Crippen LogP contribution is 2.35. The van der Waals surface area contributed by atoms with E-state index in [-0.39, 0.29) is 45.6 Å². The van der Waals surface area contributed by atoms with Crippen LogP contribution >= 0.6 is 11.6 Å². The lowest BCUT2D eigenvalue weighted by molar-refractivity contribution is -0.192. The Morgan fingerprint density at radius 1 is 1.02 bits per heavy atom. The van der Waals surface area contributed by atoms with Crippen LogP contribution in [0.5, 0.6) is 0 Å². The summed E-state index contributed by atoms with van der Waals surface area (Å²) in [5, 5.41) is 18.7. The number of carboxylic acids is 2. The molecule has 2 aromatic carbocycles. The summed E-state index contributed by atoms with van der Waals surface area (Å²) >= 11 is 5.90. The Hall–Kier alpha value is -4.91.